The minimum atomic E-state index is -0.529. The first-order valence-electron chi connectivity index (χ1n) is 7.56. The van der Waals surface area contributed by atoms with Crippen LogP contribution in [0, 0.1) is 12.8 Å². The number of amides is 2. The molecule has 24 heavy (non-hydrogen) atoms. The number of carbonyl (C=O) groups is 2. The molecule has 1 fully saturated rings. The molecule has 7 nitrogen and oxygen atoms in total. The van der Waals surface area contributed by atoms with E-state index in [0.717, 1.165) is 5.56 Å². The van der Waals surface area contributed by atoms with Crippen molar-refractivity contribution in [1.82, 2.24) is 15.0 Å². The zero-order chi connectivity index (χ0) is 17.3. The fourth-order valence-corrected chi connectivity index (χ4v) is 3.02. The molecule has 8 heteroatoms. The number of rotatable bonds is 4. The van der Waals surface area contributed by atoms with Crippen molar-refractivity contribution in [3.8, 4) is 0 Å². The van der Waals surface area contributed by atoms with Crippen LogP contribution in [0.15, 0.2) is 28.8 Å². The maximum atomic E-state index is 12.5. The smallest absolute Gasteiger partial charge is 0.232 e. The van der Waals surface area contributed by atoms with E-state index in [-0.39, 0.29) is 24.8 Å². The third kappa shape index (κ3) is 3.41. The van der Waals surface area contributed by atoms with Crippen LogP contribution < -0.4 is 5.73 Å². The van der Waals surface area contributed by atoms with Crippen LogP contribution in [0.1, 0.15) is 23.2 Å². The molecule has 2 amide bonds. The van der Waals surface area contributed by atoms with E-state index < -0.39 is 11.8 Å². The van der Waals surface area contributed by atoms with Gasteiger partial charge in [0.15, 0.2) is 5.82 Å². The molecule has 1 saturated heterocycles. The largest absolute Gasteiger partial charge is 0.369 e. The topological polar surface area (TPSA) is 102 Å². The Morgan fingerprint density at radius 1 is 1.33 bits per heavy atom. The van der Waals surface area contributed by atoms with Crippen molar-refractivity contribution in [2.24, 2.45) is 11.7 Å². The Morgan fingerprint density at radius 2 is 2.04 bits per heavy atom. The van der Waals surface area contributed by atoms with Gasteiger partial charge in [0.2, 0.25) is 17.7 Å². The molecule has 3 rings (SSSR count). The third-order valence-corrected chi connectivity index (χ3v) is 4.42. The van der Waals surface area contributed by atoms with Crippen molar-refractivity contribution in [1.29, 1.82) is 0 Å². The molecule has 0 radical (unpaired) electrons. The highest BCUT2D eigenvalue weighted by molar-refractivity contribution is 6.30. The van der Waals surface area contributed by atoms with E-state index in [4.69, 9.17) is 21.9 Å². The summed E-state index contributed by atoms with van der Waals surface area (Å²) in [7, 11) is 0. The maximum absolute atomic E-state index is 12.5. The van der Waals surface area contributed by atoms with Crippen molar-refractivity contribution in [2.75, 3.05) is 13.1 Å². The Balaban J connectivity index is 1.73. The van der Waals surface area contributed by atoms with Crippen LogP contribution in [0.25, 0.3) is 0 Å². The van der Waals surface area contributed by atoms with E-state index in [1.54, 1.807) is 36.1 Å². The Morgan fingerprint density at radius 3 is 2.62 bits per heavy atom. The molecule has 1 aromatic carbocycles. The number of aryl methyl sites for hydroxylation is 1. The second-order valence-corrected chi connectivity index (χ2v) is 6.33. The molecular weight excluding hydrogens is 332 g/mol. The van der Waals surface area contributed by atoms with Gasteiger partial charge >= 0.3 is 0 Å². The monoisotopic (exact) mass is 348 g/mol. The number of nitrogens with zero attached hydrogens (tertiary/aromatic N) is 3. The fraction of sp³-hybridized carbons (Fsp3) is 0.375. The molecule has 0 bridgehead atoms. The average molecular weight is 349 g/mol. The van der Waals surface area contributed by atoms with E-state index in [9.17, 15) is 9.59 Å². The molecule has 2 N–H and O–H groups in total. The molecule has 2 unspecified atom stereocenters. The standard InChI is InChI=1S/C16H17ClN4O3/c1-9-19-16(24-20-9)13-8-21(7-12(13)15(18)23)14(22)6-10-2-4-11(17)5-3-10/h2-5,12-13H,6-8H2,1H3,(H2,18,23). The zero-order valence-corrected chi connectivity index (χ0v) is 13.9. The first-order valence-corrected chi connectivity index (χ1v) is 7.93. The summed E-state index contributed by atoms with van der Waals surface area (Å²) in [4.78, 5) is 30.1. The number of primary amides is 1. The summed E-state index contributed by atoms with van der Waals surface area (Å²) in [5.41, 5.74) is 6.34. The number of hydrogen-bond acceptors (Lipinski definition) is 5. The van der Waals surface area contributed by atoms with Crippen LogP contribution in [0.4, 0.5) is 0 Å². The van der Waals surface area contributed by atoms with Crippen molar-refractivity contribution >= 4 is 23.4 Å². The molecule has 0 spiro atoms. The van der Waals surface area contributed by atoms with Crippen molar-refractivity contribution in [3.05, 3.63) is 46.6 Å². The minimum absolute atomic E-state index is 0.0812. The van der Waals surface area contributed by atoms with E-state index in [0.29, 0.717) is 23.3 Å². The summed E-state index contributed by atoms with van der Waals surface area (Å²) in [6.07, 6.45) is 0.234. The van der Waals surface area contributed by atoms with Crippen LogP contribution in [0.2, 0.25) is 5.02 Å². The van der Waals surface area contributed by atoms with Gasteiger partial charge in [-0.1, -0.05) is 28.9 Å². The van der Waals surface area contributed by atoms with Crippen LogP contribution in [-0.2, 0) is 16.0 Å². The minimum Gasteiger partial charge on any atom is -0.369 e. The van der Waals surface area contributed by atoms with Gasteiger partial charge in [0.05, 0.1) is 18.3 Å². The highest BCUT2D eigenvalue weighted by atomic mass is 35.5. The summed E-state index contributed by atoms with van der Waals surface area (Å²) < 4.78 is 5.17. The highest BCUT2D eigenvalue weighted by Gasteiger charge is 2.42. The summed E-state index contributed by atoms with van der Waals surface area (Å²) in [6.45, 7) is 2.29. The lowest BCUT2D eigenvalue weighted by Gasteiger charge is -2.15. The SMILES string of the molecule is Cc1noc(C2CN(C(=O)Cc3ccc(Cl)cc3)CC2C(N)=O)n1. The molecule has 0 aliphatic carbocycles. The van der Waals surface area contributed by atoms with Gasteiger partial charge in [0, 0.05) is 18.1 Å². The number of halogens is 1. The number of aromatic nitrogens is 2. The number of benzene rings is 1. The quantitative estimate of drug-likeness (QED) is 0.897. The maximum Gasteiger partial charge on any atom is 0.232 e. The molecule has 2 atom stereocenters. The van der Waals surface area contributed by atoms with Gasteiger partial charge < -0.3 is 15.2 Å². The predicted octanol–water partition coefficient (Wildman–Crippen LogP) is 1.30. The zero-order valence-electron chi connectivity index (χ0n) is 13.1. The van der Waals surface area contributed by atoms with Gasteiger partial charge in [-0.05, 0) is 24.6 Å². The normalized spacial score (nSPS) is 20.3. The number of carbonyl (C=O) groups excluding carboxylic acids is 2. The van der Waals surface area contributed by atoms with E-state index in [2.05, 4.69) is 10.1 Å². The van der Waals surface area contributed by atoms with Gasteiger partial charge in [-0.25, -0.2) is 0 Å². The van der Waals surface area contributed by atoms with Gasteiger partial charge in [-0.3, -0.25) is 9.59 Å². The van der Waals surface area contributed by atoms with E-state index in [1.807, 2.05) is 0 Å². The molecule has 1 aliphatic heterocycles. The molecule has 2 heterocycles. The lowest BCUT2D eigenvalue weighted by atomic mass is 9.95. The lowest BCUT2D eigenvalue weighted by Crippen LogP contribution is -2.32. The Kier molecular flexibility index (Phi) is 4.53. The predicted molar refractivity (Wildman–Crippen MR) is 86.2 cm³/mol. The van der Waals surface area contributed by atoms with Crippen LogP contribution in [-0.4, -0.2) is 39.9 Å². The summed E-state index contributed by atoms with van der Waals surface area (Å²) in [5, 5.41) is 4.37. The summed E-state index contributed by atoms with van der Waals surface area (Å²) in [5.74, 6) is -0.617. The van der Waals surface area contributed by atoms with Crippen LogP contribution in [0.3, 0.4) is 0 Å². The molecule has 126 valence electrons. The second-order valence-electron chi connectivity index (χ2n) is 5.90. The van der Waals surface area contributed by atoms with Gasteiger partial charge in [-0.2, -0.15) is 4.98 Å². The Bertz CT molecular complexity index is 759. The molecule has 0 saturated carbocycles. The Hall–Kier alpha value is -2.41. The van der Waals surface area contributed by atoms with Crippen molar-refractivity contribution < 1.29 is 14.1 Å². The second kappa shape index (κ2) is 6.60. The van der Waals surface area contributed by atoms with E-state index >= 15 is 0 Å². The number of hydrogen-bond donors (Lipinski definition) is 1. The number of nitrogens with two attached hydrogens (primary N) is 1. The van der Waals surface area contributed by atoms with E-state index in [1.165, 1.54) is 0 Å². The van der Waals surface area contributed by atoms with Crippen LogP contribution in [0.5, 0.6) is 0 Å². The van der Waals surface area contributed by atoms with Crippen molar-refractivity contribution in [2.45, 2.75) is 19.3 Å². The lowest BCUT2D eigenvalue weighted by molar-refractivity contribution is -0.129. The average Bonchev–Trinajstić information content (AvgIpc) is 3.15. The fourth-order valence-electron chi connectivity index (χ4n) is 2.90. The molecular formula is C16H17ClN4O3. The van der Waals surface area contributed by atoms with Crippen molar-refractivity contribution in [3.63, 3.8) is 0 Å². The van der Waals surface area contributed by atoms with Gasteiger partial charge in [-0.15, -0.1) is 0 Å². The summed E-state index contributed by atoms with van der Waals surface area (Å²) >= 11 is 5.85. The van der Waals surface area contributed by atoms with Crippen LogP contribution >= 0.6 is 11.6 Å². The number of likely N-dealkylation sites (tertiary alicyclic amines) is 1. The first-order chi connectivity index (χ1) is 11.4. The van der Waals surface area contributed by atoms with Gasteiger partial charge in [0.25, 0.3) is 0 Å². The Labute approximate surface area is 143 Å². The first kappa shape index (κ1) is 16.4. The van der Waals surface area contributed by atoms with Gasteiger partial charge in [0.1, 0.15) is 0 Å². The molecule has 1 aromatic heterocycles. The third-order valence-electron chi connectivity index (χ3n) is 4.17. The summed E-state index contributed by atoms with van der Waals surface area (Å²) in [6, 6.07) is 7.09. The highest BCUT2D eigenvalue weighted by Crippen LogP contribution is 2.32. The molecule has 1 aliphatic rings. The molecule has 2 aromatic rings.